The number of rotatable bonds is 7. The molecule has 1 aromatic rings. The van der Waals surface area contributed by atoms with Crippen molar-refractivity contribution in [1.29, 1.82) is 0 Å². The van der Waals surface area contributed by atoms with Crippen LogP contribution in [0.4, 0.5) is 17.1 Å². The molecule has 0 atom stereocenters. The maximum absolute atomic E-state index is 10.9. The summed E-state index contributed by atoms with van der Waals surface area (Å²) in [6, 6.07) is 4.82. The number of anilines is 2. The van der Waals surface area contributed by atoms with Gasteiger partial charge in [0.05, 0.1) is 4.92 Å². The largest absolute Gasteiger partial charge is 0.396 e. The third-order valence-corrected chi connectivity index (χ3v) is 2.71. The van der Waals surface area contributed by atoms with Crippen LogP contribution in [0, 0.1) is 15.5 Å². The number of hydrogen-bond donors (Lipinski definition) is 3. The smallest absolute Gasteiger partial charge is 0.273 e. The van der Waals surface area contributed by atoms with E-state index >= 15 is 0 Å². The monoisotopic (exact) mass is 267 g/mol. The van der Waals surface area contributed by atoms with Crippen LogP contribution < -0.4 is 10.6 Å². The standard InChI is InChI=1S/C13H21N3O3/c1-4-14-10-5-11(7-12(6-10)16(18)19)15-8-13(2,3)9-17/h5-7,14-15,17H,4,8-9H2,1-3H3. The van der Waals surface area contributed by atoms with Gasteiger partial charge in [-0.3, -0.25) is 10.1 Å². The fourth-order valence-electron chi connectivity index (χ4n) is 1.52. The quantitative estimate of drug-likeness (QED) is 0.521. The topological polar surface area (TPSA) is 87.4 Å². The fourth-order valence-corrected chi connectivity index (χ4v) is 1.52. The number of nitro benzene ring substituents is 1. The minimum atomic E-state index is -0.413. The van der Waals surface area contributed by atoms with Crippen molar-refractivity contribution in [2.45, 2.75) is 20.8 Å². The van der Waals surface area contributed by atoms with Gasteiger partial charge >= 0.3 is 0 Å². The van der Waals surface area contributed by atoms with E-state index in [0.29, 0.717) is 24.5 Å². The predicted molar refractivity (Wildman–Crippen MR) is 76.6 cm³/mol. The Kier molecular flexibility index (Phi) is 5.11. The van der Waals surface area contributed by atoms with Crippen molar-refractivity contribution in [3.05, 3.63) is 28.3 Å². The normalized spacial score (nSPS) is 11.2. The summed E-state index contributed by atoms with van der Waals surface area (Å²) in [5, 5.41) is 26.3. The highest BCUT2D eigenvalue weighted by atomic mass is 16.6. The van der Waals surface area contributed by atoms with Gasteiger partial charge < -0.3 is 15.7 Å². The zero-order chi connectivity index (χ0) is 14.5. The van der Waals surface area contributed by atoms with Crippen molar-refractivity contribution in [2.24, 2.45) is 5.41 Å². The van der Waals surface area contributed by atoms with Crippen molar-refractivity contribution in [3.8, 4) is 0 Å². The molecule has 1 aromatic carbocycles. The summed E-state index contributed by atoms with van der Waals surface area (Å²) in [7, 11) is 0. The molecule has 0 aliphatic heterocycles. The van der Waals surface area contributed by atoms with Crippen LogP contribution in [0.15, 0.2) is 18.2 Å². The molecule has 1 rings (SSSR count). The van der Waals surface area contributed by atoms with Gasteiger partial charge in [0.25, 0.3) is 5.69 Å². The third kappa shape index (κ3) is 4.75. The lowest BCUT2D eigenvalue weighted by atomic mass is 9.95. The minimum absolute atomic E-state index is 0.0442. The van der Waals surface area contributed by atoms with Crippen LogP contribution in [0.3, 0.4) is 0 Å². The molecule has 6 nitrogen and oxygen atoms in total. The van der Waals surface area contributed by atoms with Gasteiger partial charge in [-0.1, -0.05) is 13.8 Å². The average molecular weight is 267 g/mol. The van der Waals surface area contributed by atoms with Crippen LogP contribution in [0.25, 0.3) is 0 Å². The third-order valence-electron chi connectivity index (χ3n) is 2.71. The average Bonchev–Trinajstić information content (AvgIpc) is 2.37. The molecule has 0 aromatic heterocycles. The highest BCUT2D eigenvalue weighted by Crippen LogP contribution is 2.25. The van der Waals surface area contributed by atoms with E-state index in [1.165, 1.54) is 12.1 Å². The molecule has 0 radical (unpaired) electrons. The molecule has 0 aliphatic rings. The van der Waals surface area contributed by atoms with E-state index in [0.717, 1.165) is 0 Å². The zero-order valence-corrected chi connectivity index (χ0v) is 11.6. The fraction of sp³-hybridized carbons (Fsp3) is 0.538. The summed E-state index contributed by atoms with van der Waals surface area (Å²) in [6.07, 6.45) is 0. The number of hydrogen-bond acceptors (Lipinski definition) is 5. The highest BCUT2D eigenvalue weighted by molar-refractivity contribution is 5.63. The summed E-state index contributed by atoms with van der Waals surface area (Å²) in [6.45, 7) is 7.06. The van der Waals surface area contributed by atoms with E-state index < -0.39 is 4.92 Å². The maximum Gasteiger partial charge on any atom is 0.273 e. The summed E-state index contributed by atoms with van der Waals surface area (Å²) in [5.41, 5.74) is 1.15. The molecule has 106 valence electrons. The second-order valence-electron chi connectivity index (χ2n) is 5.23. The van der Waals surface area contributed by atoms with Crippen LogP contribution in [-0.2, 0) is 0 Å². The summed E-state index contributed by atoms with van der Waals surface area (Å²) in [4.78, 5) is 10.5. The first kappa shape index (κ1) is 15.2. The number of nitrogens with one attached hydrogen (secondary N) is 2. The maximum atomic E-state index is 10.9. The molecular weight excluding hydrogens is 246 g/mol. The van der Waals surface area contributed by atoms with E-state index in [1.807, 2.05) is 26.8 Å². The molecule has 0 aliphatic carbocycles. The molecule has 0 unspecified atom stereocenters. The van der Waals surface area contributed by atoms with Gasteiger partial charge in [-0.15, -0.1) is 0 Å². The minimum Gasteiger partial charge on any atom is -0.396 e. The van der Waals surface area contributed by atoms with E-state index in [-0.39, 0.29) is 17.7 Å². The second-order valence-corrected chi connectivity index (χ2v) is 5.23. The van der Waals surface area contributed by atoms with Gasteiger partial charge in [0.15, 0.2) is 0 Å². The molecule has 0 bridgehead atoms. The Balaban J connectivity index is 2.90. The molecule has 0 saturated heterocycles. The van der Waals surface area contributed by atoms with Crippen molar-refractivity contribution < 1.29 is 10.0 Å². The Morgan fingerprint density at radius 1 is 1.26 bits per heavy atom. The first-order valence-electron chi connectivity index (χ1n) is 6.26. The molecule has 0 spiro atoms. The first-order valence-corrected chi connectivity index (χ1v) is 6.26. The van der Waals surface area contributed by atoms with E-state index in [4.69, 9.17) is 0 Å². The molecule has 6 heteroatoms. The molecule has 0 amide bonds. The van der Waals surface area contributed by atoms with Crippen LogP contribution in [0.5, 0.6) is 0 Å². The Bertz CT molecular complexity index is 447. The Morgan fingerprint density at radius 2 is 1.84 bits per heavy atom. The number of nitrogens with zero attached hydrogens (tertiary/aromatic N) is 1. The number of non-ortho nitro benzene ring substituents is 1. The van der Waals surface area contributed by atoms with Gasteiger partial charge in [-0.25, -0.2) is 0 Å². The van der Waals surface area contributed by atoms with Crippen molar-refractivity contribution >= 4 is 17.1 Å². The number of aliphatic hydroxyl groups is 1. The van der Waals surface area contributed by atoms with Crippen molar-refractivity contribution in [1.82, 2.24) is 0 Å². The molecule has 0 saturated carbocycles. The summed E-state index contributed by atoms with van der Waals surface area (Å²) < 4.78 is 0. The van der Waals surface area contributed by atoms with Crippen LogP contribution in [0.1, 0.15) is 20.8 Å². The summed E-state index contributed by atoms with van der Waals surface area (Å²) >= 11 is 0. The molecule has 0 heterocycles. The number of benzene rings is 1. The Labute approximate surface area is 113 Å². The Hall–Kier alpha value is -1.82. The lowest BCUT2D eigenvalue weighted by molar-refractivity contribution is -0.384. The summed E-state index contributed by atoms with van der Waals surface area (Å²) in [5.74, 6) is 0. The molecule has 19 heavy (non-hydrogen) atoms. The van der Waals surface area contributed by atoms with Gasteiger partial charge in [0.2, 0.25) is 0 Å². The van der Waals surface area contributed by atoms with Gasteiger partial charge in [0.1, 0.15) is 0 Å². The Morgan fingerprint density at radius 3 is 2.32 bits per heavy atom. The second kappa shape index (κ2) is 6.38. The van der Waals surface area contributed by atoms with Crippen LogP contribution in [0.2, 0.25) is 0 Å². The van der Waals surface area contributed by atoms with Crippen LogP contribution in [-0.4, -0.2) is 29.7 Å². The molecular formula is C13H21N3O3. The lowest BCUT2D eigenvalue weighted by Gasteiger charge is -2.22. The number of aliphatic hydroxyl groups excluding tert-OH is 1. The van der Waals surface area contributed by atoms with E-state index in [1.54, 1.807) is 0 Å². The van der Waals surface area contributed by atoms with Crippen molar-refractivity contribution in [2.75, 3.05) is 30.3 Å². The van der Waals surface area contributed by atoms with E-state index in [2.05, 4.69) is 10.6 Å². The molecule has 0 fully saturated rings. The zero-order valence-electron chi connectivity index (χ0n) is 11.6. The van der Waals surface area contributed by atoms with Gasteiger partial charge in [0, 0.05) is 48.6 Å². The SMILES string of the molecule is CCNc1cc(NCC(C)(C)CO)cc([N+](=O)[O-])c1. The van der Waals surface area contributed by atoms with Crippen molar-refractivity contribution in [3.63, 3.8) is 0 Å². The molecule has 3 N–H and O–H groups in total. The van der Waals surface area contributed by atoms with Gasteiger partial charge in [-0.2, -0.15) is 0 Å². The van der Waals surface area contributed by atoms with Gasteiger partial charge in [-0.05, 0) is 13.0 Å². The first-order chi connectivity index (χ1) is 8.88. The van der Waals surface area contributed by atoms with E-state index in [9.17, 15) is 15.2 Å². The van der Waals surface area contributed by atoms with Crippen LogP contribution >= 0.6 is 0 Å². The highest BCUT2D eigenvalue weighted by Gasteiger charge is 2.17. The number of nitro groups is 1. The predicted octanol–water partition coefficient (Wildman–Crippen LogP) is 2.46. The lowest BCUT2D eigenvalue weighted by Crippen LogP contribution is -2.26.